The van der Waals surface area contributed by atoms with Crippen LogP contribution in [-0.4, -0.2) is 31.7 Å². The SMILES string of the molecule is O=C(O)C1CCC1C(=O)Nc1ccc(Cn2cncn2)cc1. The summed E-state index contributed by atoms with van der Waals surface area (Å²) < 4.78 is 1.71. The highest BCUT2D eigenvalue weighted by Gasteiger charge is 2.41. The van der Waals surface area contributed by atoms with Crippen LogP contribution in [0.4, 0.5) is 5.69 Å². The second kappa shape index (κ2) is 5.97. The normalized spacial score (nSPS) is 20.2. The third-order valence-electron chi connectivity index (χ3n) is 3.96. The van der Waals surface area contributed by atoms with E-state index in [4.69, 9.17) is 5.11 Å². The minimum atomic E-state index is -0.894. The van der Waals surface area contributed by atoms with Crippen molar-refractivity contribution in [1.82, 2.24) is 14.8 Å². The van der Waals surface area contributed by atoms with Crippen LogP contribution in [0.1, 0.15) is 18.4 Å². The van der Waals surface area contributed by atoms with Crippen molar-refractivity contribution in [1.29, 1.82) is 0 Å². The van der Waals surface area contributed by atoms with Gasteiger partial charge in [-0.2, -0.15) is 5.10 Å². The largest absolute Gasteiger partial charge is 0.481 e. The molecular formula is C15H16N4O3. The van der Waals surface area contributed by atoms with Crippen LogP contribution in [0.2, 0.25) is 0 Å². The molecule has 1 aromatic heterocycles. The minimum Gasteiger partial charge on any atom is -0.481 e. The maximum absolute atomic E-state index is 12.1. The fourth-order valence-corrected chi connectivity index (χ4v) is 2.54. The average Bonchev–Trinajstić information content (AvgIpc) is 2.92. The molecule has 1 fully saturated rings. The third kappa shape index (κ3) is 2.98. The van der Waals surface area contributed by atoms with Gasteiger partial charge in [0, 0.05) is 5.69 Å². The molecule has 1 aliphatic carbocycles. The van der Waals surface area contributed by atoms with Crippen LogP contribution in [0.25, 0.3) is 0 Å². The molecule has 1 aliphatic rings. The number of nitrogens with one attached hydrogen (secondary N) is 1. The molecule has 2 N–H and O–H groups in total. The Hall–Kier alpha value is -2.70. The Kier molecular flexibility index (Phi) is 3.86. The number of anilines is 1. The van der Waals surface area contributed by atoms with Crippen molar-refractivity contribution in [2.75, 3.05) is 5.32 Å². The lowest BCUT2D eigenvalue weighted by atomic mass is 9.73. The highest BCUT2D eigenvalue weighted by Crippen LogP contribution is 2.35. The van der Waals surface area contributed by atoms with E-state index in [-0.39, 0.29) is 5.91 Å². The van der Waals surface area contributed by atoms with Gasteiger partial charge in [-0.05, 0) is 30.5 Å². The first-order valence-electron chi connectivity index (χ1n) is 7.08. The number of aromatic nitrogens is 3. The maximum atomic E-state index is 12.1. The predicted octanol–water partition coefficient (Wildman–Crippen LogP) is 1.38. The van der Waals surface area contributed by atoms with E-state index in [1.165, 1.54) is 6.33 Å². The van der Waals surface area contributed by atoms with E-state index >= 15 is 0 Å². The number of carbonyl (C=O) groups is 2. The van der Waals surface area contributed by atoms with Crippen molar-refractivity contribution in [2.45, 2.75) is 19.4 Å². The Labute approximate surface area is 127 Å². The molecule has 0 aliphatic heterocycles. The standard InChI is InChI=1S/C15H16N4O3/c20-14(12-5-6-13(12)15(21)22)18-11-3-1-10(2-4-11)7-19-9-16-8-17-19/h1-4,8-9,12-13H,5-7H2,(H,18,20)(H,21,22). The van der Waals surface area contributed by atoms with Gasteiger partial charge in [0.15, 0.2) is 0 Å². The summed E-state index contributed by atoms with van der Waals surface area (Å²) in [5, 5.41) is 15.8. The number of amides is 1. The number of rotatable bonds is 5. The second-order valence-corrected chi connectivity index (χ2v) is 5.41. The summed E-state index contributed by atoms with van der Waals surface area (Å²) >= 11 is 0. The summed E-state index contributed by atoms with van der Waals surface area (Å²) in [4.78, 5) is 26.9. The molecule has 0 spiro atoms. The Morgan fingerprint density at radius 2 is 1.95 bits per heavy atom. The predicted molar refractivity (Wildman–Crippen MR) is 78.0 cm³/mol. The molecule has 1 amide bonds. The van der Waals surface area contributed by atoms with Crippen molar-refractivity contribution in [2.24, 2.45) is 11.8 Å². The van der Waals surface area contributed by atoms with Crippen molar-refractivity contribution in [3.05, 3.63) is 42.5 Å². The zero-order chi connectivity index (χ0) is 15.5. The number of hydrogen-bond donors (Lipinski definition) is 2. The van der Waals surface area contributed by atoms with Crippen LogP contribution in [-0.2, 0) is 16.1 Å². The lowest BCUT2D eigenvalue weighted by molar-refractivity contribution is -0.151. The third-order valence-corrected chi connectivity index (χ3v) is 3.96. The Bertz CT molecular complexity index is 667. The number of carbonyl (C=O) groups excluding carboxylic acids is 1. The van der Waals surface area contributed by atoms with E-state index in [0.29, 0.717) is 25.1 Å². The molecule has 1 heterocycles. The molecule has 1 aromatic carbocycles. The zero-order valence-electron chi connectivity index (χ0n) is 11.8. The molecule has 1 saturated carbocycles. The van der Waals surface area contributed by atoms with Gasteiger partial charge in [-0.25, -0.2) is 9.67 Å². The molecule has 114 valence electrons. The Balaban J connectivity index is 1.59. The molecule has 0 saturated heterocycles. The van der Waals surface area contributed by atoms with E-state index in [0.717, 1.165) is 5.56 Å². The fourth-order valence-electron chi connectivity index (χ4n) is 2.54. The molecule has 0 radical (unpaired) electrons. The number of benzene rings is 1. The molecule has 7 nitrogen and oxygen atoms in total. The van der Waals surface area contributed by atoms with Gasteiger partial charge in [0.25, 0.3) is 0 Å². The number of aliphatic carboxylic acids is 1. The van der Waals surface area contributed by atoms with E-state index in [1.54, 1.807) is 23.1 Å². The molecule has 22 heavy (non-hydrogen) atoms. The van der Waals surface area contributed by atoms with Gasteiger partial charge in [-0.3, -0.25) is 9.59 Å². The number of carboxylic acids is 1. The fraction of sp³-hybridized carbons (Fsp3) is 0.333. The van der Waals surface area contributed by atoms with Crippen LogP contribution < -0.4 is 5.32 Å². The van der Waals surface area contributed by atoms with Crippen molar-refractivity contribution in [3.8, 4) is 0 Å². The Morgan fingerprint density at radius 1 is 1.23 bits per heavy atom. The number of nitrogens with zero attached hydrogens (tertiary/aromatic N) is 3. The van der Waals surface area contributed by atoms with Gasteiger partial charge in [-0.15, -0.1) is 0 Å². The first-order valence-corrected chi connectivity index (χ1v) is 7.08. The monoisotopic (exact) mass is 300 g/mol. The van der Waals surface area contributed by atoms with Gasteiger partial charge < -0.3 is 10.4 Å². The van der Waals surface area contributed by atoms with E-state index in [9.17, 15) is 9.59 Å². The summed E-state index contributed by atoms with van der Waals surface area (Å²) in [5.74, 6) is -2.09. The maximum Gasteiger partial charge on any atom is 0.307 e. The van der Waals surface area contributed by atoms with Gasteiger partial charge in [0.1, 0.15) is 12.7 Å². The molecule has 7 heteroatoms. The topological polar surface area (TPSA) is 97.1 Å². The van der Waals surface area contributed by atoms with Crippen molar-refractivity contribution >= 4 is 17.6 Å². The van der Waals surface area contributed by atoms with E-state index < -0.39 is 17.8 Å². The summed E-state index contributed by atoms with van der Waals surface area (Å²) in [6.07, 6.45) is 4.32. The molecule has 2 unspecified atom stereocenters. The van der Waals surface area contributed by atoms with Gasteiger partial charge >= 0.3 is 5.97 Å². The van der Waals surface area contributed by atoms with Gasteiger partial charge in [0.05, 0.1) is 18.4 Å². The van der Waals surface area contributed by atoms with Crippen molar-refractivity contribution < 1.29 is 14.7 Å². The summed E-state index contributed by atoms with van der Waals surface area (Å²) in [7, 11) is 0. The minimum absolute atomic E-state index is 0.220. The molecule has 2 aromatic rings. The molecular weight excluding hydrogens is 284 g/mol. The van der Waals surface area contributed by atoms with Crippen LogP contribution in [0.15, 0.2) is 36.9 Å². The number of carboxylic acid groups (broad SMARTS) is 1. The first kappa shape index (κ1) is 14.2. The lowest BCUT2D eigenvalue weighted by Crippen LogP contribution is -2.41. The number of hydrogen-bond acceptors (Lipinski definition) is 4. The highest BCUT2D eigenvalue weighted by molar-refractivity contribution is 5.96. The summed E-state index contributed by atoms with van der Waals surface area (Å²) in [6, 6.07) is 7.40. The van der Waals surface area contributed by atoms with Crippen molar-refractivity contribution in [3.63, 3.8) is 0 Å². The van der Waals surface area contributed by atoms with E-state index in [2.05, 4.69) is 15.4 Å². The molecule has 0 bridgehead atoms. The van der Waals surface area contributed by atoms with Crippen LogP contribution >= 0.6 is 0 Å². The lowest BCUT2D eigenvalue weighted by Gasteiger charge is -2.31. The zero-order valence-corrected chi connectivity index (χ0v) is 11.8. The van der Waals surface area contributed by atoms with Gasteiger partial charge in [-0.1, -0.05) is 12.1 Å². The highest BCUT2D eigenvalue weighted by atomic mass is 16.4. The molecule has 2 atom stereocenters. The summed E-state index contributed by atoms with van der Waals surface area (Å²) in [5.41, 5.74) is 1.71. The average molecular weight is 300 g/mol. The van der Waals surface area contributed by atoms with Crippen LogP contribution in [0.5, 0.6) is 0 Å². The molecule has 3 rings (SSSR count). The van der Waals surface area contributed by atoms with E-state index in [1.807, 2.05) is 12.1 Å². The summed E-state index contributed by atoms with van der Waals surface area (Å²) in [6.45, 7) is 0.609. The first-order chi connectivity index (χ1) is 10.6. The van der Waals surface area contributed by atoms with Crippen LogP contribution in [0, 0.1) is 11.8 Å². The van der Waals surface area contributed by atoms with Crippen LogP contribution in [0.3, 0.4) is 0 Å². The quantitative estimate of drug-likeness (QED) is 0.869. The van der Waals surface area contributed by atoms with Gasteiger partial charge in [0.2, 0.25) is 5.91 Å². The smallest absolute Gasteiger partial charge is 0.307 e. The second-order valence-electron chi connectivity index (χ2n) is 5.41. The Morgan fingerprint density at radius 3 is 2.50 bits per heavy atom.